The molecule has 0 aliphatic carbocycles. The van der Waals surface area contributed by atoms with Crippen molar-refractivity contribution in [3.63, 3.8) is 0 Å². The Kier molecular flexibility index (Phi) is 4.01. The van der Waals surface area contributed by atoms with Gasteiger partial charge in [0.1, 0.15) is 11.0 Å². The van der Waals surface area contributed by atoms with Crippen molar-refractivity contribution in [2.24, 2.45) is 0 Å². The van der Waals surface area contributed by atoms with Gasteiger partial charge in [-0.2, -0.15) is 8.75 Å². The molecule has 0 spiro atoms. The molecule has 1 aliphatic heterocycles. The summed E-state index contributed by atoms with van der Waals surface area (Å²) < 4.78 is 31.6. The summed E-state index contributed by atoms with van der Waals surface area (Å²) in [6.45, 7) is 2.19. The molecule has 1 aromatic heterocycles. The van der Waals surface area contributed by atoms with Gasteiger partial charge in [0.15, 0.2) is 9.84 Å². The number of benzene rings is 1. The number of nitrogens with zero attached hydrogens (tertiary/aromatic N) is 3. The van der Waals surface area contributed by atoms with E-state index >= 15 is 0 Å². The summed E-state index contributed by atoms with van der Waals surface area (Å²) in [5, 5.41) is 2.84. The van der Waals surface area contributed by atoms with Crippen molar-refractivity contribution in [2.75, 3.05) is 18.6 Å². The third kappa shape index (κ3) is 3.61. The van der Waals surface area contributed by atoms with Crippen LogP contribution in [0.25, 0.3) is 11.0 Å². The van der Waals surface area contributed by atoms with Crippen LogP contribution in [0.1, 0.15) is 18.9 Å². The summed E-state index contributed by atoms with van der Waals surface area (Å²) in [7, 11) is -1.36. The number of carbonyl (C=O) groups excluding carboxylic acids is 1. The topological polar surface area (TPSA) is 92.3 Å². The van der Waals surface area contributed by atoms with E-state index < -0.39 is 15.4 Å². The van der Waals surface area contributed by atoms with E-state index in [0.717, 1.165) is 28.3 Å². The molecule has 0 bridgehead atoms. The predicted octanol–water partition coefficient (Wildman–Crippen LogP) is 1.41. The van der Waals surface area contributed by atoms with E-state index in [0.29, 0.717) is 13.0 Å². The lowest BCUT2D eigenvalue weighted by Gasteiger charge is -2.27. The molecule has 124 valence electrons. The highest BCUT2D eigenvalue weighted by Gasteiger charge is 2.39. The predicted molar refractivity (Wildman–Crippen MR) is 89.1 cm³/mol. The molecular weight excluding hydrogens is 336 g/mol. The highest BCUT2D eigenvalue weighted by Crippen LogP contribution is 2.23. The van der Waals surface area contributed by atoms with Crippen LogP contribution in [0.5, 0.6) is 0 Å². The first-order valence-electron chi connectivity index (χ1n) is 7.21. The van der Waals surface area contributed by atoms with E-state index in [1.165, 1.54) is 4.90 Å². The second kappa shape index (κ2) is 5.72. The number of sulfone groups is 1. The summed E-state index contributed by atoms with van der Waals surface area (Å²) in [5.74, 6) is 0.122. The molecule has 9 heteroatoms. The number of hydrogen-bond acceptors (Lipinski definition) is 6. The average Bonchev–Trinajstić information content (AvgIpc) is 3.02. The normalized spacial score (nSPS) is 23.0. The van der Waals surface area contributed by atoms with Gasteiger partial charge < -0.3 is 10.2 Å². The quantitative estimate of drug-likeness (QED) is 0.900. The first-order chi connectivity index (χ1) is 10.8. The Bertz CT molecular complexity index is 849. The maximum atomic E-state index is 12.3. The van der Waals surface area contributed by atoms with Crippen LogP contribution >= 0.6 is 11.7 Å². The fourth-order valence-electron chi connectivity index (χ4n) is 2.73. The lowest BCUT2D eigenvalue weighted by atomic mass is 10.0. The van der Waals surface area contributed by atoms with Crippen molar-refractivity contribution in [2.45, 2.75) is 25.4 Å². The van der Waals surface area contributed by atoms with E-state index in [1.807, 2.05) is 18.2 Å². The van der Waals surface area contributed by atoms with Crippen molar-refractivity contribution < 1.29 is 13.2 Å². The summed E-state index contributed by atoms with van der Waals surface area (Å²) in [6.07, 6.45) is 0.450. The molecule has 1 atom stereocenters. The molecule has 1 N–H and O–H groups in total. The first kappa shape index (κ1) is 16.1. The summed E-state index contributed by atoms with van der Waals surface area (Å²) >= 11 is 1.16. The molecule has 1 unspecified atom stereocenters. The van der Waals surface area contributed by atoms with Crippen LogP contribution in [0.15, 0.2) is 18.2 Å². The summed E-state index contributed by atoms with van der Waals surface area (Å²) in [6, 6.07) is 5.42. The Morgan fingerprint density at radius 2 is 2.13 bits per heavy atom. The van der Waals surface area contributed by atoms with Crippen molar-refractivity contribution in [1.82, 2.24) is 19.0 Å². The number of rotatable bonds is 3. The number of carbonyl (C=O) groups is 1. The van der Waals surface area contributed by atoms with E-state index in [1.54, 1.807) is 14.0 Å². The van der Waals surface area contributed by atoms with Crippen LogP contribution in [-0.2, 0) is 16.4 Å². The molecule has 1 saturated heterocycles. The fourth-order valence-corrected chi connectivity index (χ4v) is 5.34. The maximum absolute atomic E-state index is 12.3. The van der Waals surface area contributed by atoms with Gasteiger partial charge in [-0.15, -0.1) is 0 Å². The Morgan fingerprint density at radius 1 is 1.39 bits per heavy atom. The van der Waals surface area contributed by atoms with Gasteiger partial charge in [0.25, 0.3) is 0 Å². The number of fused-ring (bicyclic) bond motifs is 1. The van der Waals surface area contributed by atoms with Gasteiger partial charge in [-0.1, -0.05) is 6.07 Å². The van der Waals surface area contributed by atoms with Crippen LogP contribution in [-0.4, -0.2) is 52.2 Å². The molecular formula is C14H18N4O3S2. The highest BCUT2D eigenvalue weighted by molar-refractivity contribution is 7.91. The minimum atomic E-state index is -3.05. The minimum Gasteiger partial charge on any atom is -0.332 e. The number of urea groups is 1. The standard InChI is InChI=1S/C14H18N4O3S2/c1-14(5-6-23(20,21)9-14)15-13(19)18(2)8-10-3-4-11-12(7-10)17-22-16-11/h3-4,7H,5-6,8-9H2,1-2H3,(H,15,19). The SMILES string of the molecule is CN(Cc1ccc2nsnc2c1)C(=O)NC1(C)CCS(=O)(=O)C1. The lowest BCUT2D eigenvalue weighted by molar-refractivity contribution is 0.196. The zero-order chi connectivity index (χ0) is 16.7. The Hall–Kier alpha value is -1.74. The van der Waals surface area contributed by atoms with Crippen molar-refractivity contribution in [3.8, 4) is 0 Å². The molecule has 3 rings (SSSR count). The molecule has 2 amide bonds. The Labute approximate surface area is 138 Å². The van der Waals surface area contributed by atoms with E-state index in [-0.39, 0.29) is 17.5 Å². The Balaban J connectivity index is 1.65. The monoisotopic (exact) mass is 354 g/mol. The largest absolute Gasteiger partial charge is 0.332 e. The van der Waals surface area contributed by atoms with E-state index in [4.69, 9.17) is 0 Å². The maximum Gasteiger partial charge on any atom is 0.317 e. The molecule has 0 saturated carbocycles. The van der Waals surface area contributed by atoms with Gasteiger partial charge in [0.05, 0.1) is 28.8 Å². The third-order valence-corrected chi connectivity index (χ3v) is 6.46. The van der Waals surface area contributed by atoms with Crippen LogP contribution in [0, 0.1) is 0 Å². The van der Waals surface area contributed by atoms with Crippen LogP contribution < -0.4 is 5.32 Å². The van der Waals surface area contributed by atoms with Gasteiger partial charge in [-0.25, -0.2) is 13.2 Å². The summed E-state index contributed by atoms with van der Waals surface area (Å²) in [5.41, 5.74) is 1.92. The van der Waals surface area contributed by atoms with Gasteiger partial charge >= 0.3 is 6.03 Å². The van der Waals surface area contributed by atoms with Crippen molar-refractivity contribution in [1.29, 1.82) is 0 Å². The first-order valence-corrected chi connectivity index (χ1v) is 9.76. The average molecular weight is 354 g/mol. The van der Waals surface area contributed by atoms with E-state index in [9.17, 15) is 13.2 Å². The zero-order valence-electron chi connectivity index (χ0n) is 12.9. The van der Waals surface area contributed by atoms with Crippen molar-refractivity contribution in [3.05, 3.63) is 23.8 Å². The second-order valence-corrected chi connectivity index (χ2v) is 8.99. The van der Waals surface area contributed by atoms with Gasteiger partial charge in [0.2, 0.25) is 0 Å². The van der Waals surface area contributed by atoms with Gasteiger partial charge in [-0.3, -0.25) is 0 Å². The molecule has 23 heavy (non-hydrogen) atoms. The molecule has 1 aliphatic rings. The zero-order valence-corrected chi connectivity index (χ0v) is 14.6. The third-order valence-electron chi connectivity index (χ3n) is 4.00. The van der Waals surface area contributed by atoms with Crippen LogP contribution in [0.4, 0.5) is 4.79 Å². The van der Waals surface area contributed by atoms with E-state index in [2.05, 4.69) is 14.1 Å². The lowest BCUT2D eigenvalue weighted by Crippen LogP contribution is -2.51. The highest BCUT2D eigenvalue weighted by atomic mass is 32.2. The van der Waals surface area contributed by atoms with Gasteiger partial charge in [-0.05, 0) is 31.0 Å². The molecule has 1 fully saturated rings. The second-order valence-electron chi connectivity index (χ2n) is 6.28. The van der Waals surface area contributed by atoms with Crippen molar-refractivity contribution >= 4 is 38.6 Å². The molecule has 1 aromatic carbocycles. The number of amides is 2. The fraction of sp³-hybridized carbons (Fsp3) is 0.500. The van der Waals surface area contributed by atoms with Crippen LogP contribution in [0.3, 0.4) is 0 Å². The van der Waals surface area contributed by atoms with Crippen LogP contribution in [0.2, 0.25) is 0 Å². The number of nitrogens with one attached hydrogen (secondary N) is 1. The number of aromatic nitrogens is 2. The summed E-state index contributed by atoms with van der Waals surface area (Å²) in [4.78, 5) is 13.9. The molecule has 2 heterocycles. The smallest absolute Gasteiger partial charge is 0.317 e. The molecule has 7 nitrogen and oxygen atoms in total. The minimum absolute atomic E-state index is 0.00394. The van der Waals surface area contributed by atoms with Gasteiger partial charge in [0, 0.05) is 13.6 Å². The molecule has 0 radical (unpaired) electrons. The Morgan fingerprint density at radius 3 is 2.83 bits per heavy atom. The molecule has 2 aromatic rings. The number of hydrogen-bond donors (Lipinski definition) is 1.